The van der Waals surface area contributed by atoms with E-state index in [1.165, 1.54) is 12.4 Å². The first-order valence-electron chi connectivity index (χ1n) is 13.1. The van der Waals surface area contributed by atoms with Crippen molar-refractivity contribution < 1.29 is 13.9 Å². The first kappa shape index (κ1) is 27.2. The van der Waals surface area contributed by atoms with Gasteiger partial charge in [0.2, 0.25) is 0 Å². The van der Waals surface area contributed by atoms with Crippen LogP contribution in [0.15, 0.2) is 36.7 Å². The zero-order valence-electron chi connectivity index (χ0n) is 22.7. The van der Waals surface area contributed by atoms with Crippen LogP contribution in [0.4, 0.5) is 4.39 Å². The van der Waals surface area contributed by atoms with E-state index in [0.29, 0.717) is 47.7 Å². The van der Waals surface area contributed by atoms with Gasteiger partial charge in [-0.3, -0.25) is 14.8 Å². The molecular formula is C30H34FN5O2. The molecule has 1 aliphatic heterocycles. The second-order valence-corrected chi connectivity index (χ2v) is 9.70. The molecule has 1 aromatic carbocycles. The van der Waals surface area contributed by atoms with Gasteiger partial charge < -0.3 is 14.5 Å². The van der Waals surface area contributed by atoms with Crippen molar-refractivity contribution in [1.29, 1.82) is 5.26 Å². The molecule has 0 N–H and O–H groups in total. The summed E-state index contributed by atoms with van der Waals surface area (Å²) >= 11 is 0. The number of rotatable bonds is 9. The molecule has 0 radical (unpaired) electrons. The number of benzene rings is 1. The Labute approximate surface area is 223 Å². The summed E-state index contributed by atoms with van der Waals surface area (Å²) in [6, 6.07) is 9.26. The Balaban J connectivity index is 1.75. The Bertz CT molecular complexity index is 1380. The lowest BCUT2D eigenvalue weighted by molar-refractivity contribution is 0.0669. The van der Waals surface area contributed by atoms with Crippen LogP contribution in [0.5, 0.6) is 5.75 Å². The van der Waals surface area contributed by atoms with Crippen LogP contribution in [0.1, 0.15) is 65.2 Å². The number of aryl methyl sites for hydroxylation is 1. The number of amides is 1. The van der Waals surface area contributed by atoms with Crippen LogP contribution >= 0.6 is 0 Å². The van der Waals surface area contributed by atoms with Crippen molar-refractivity contribution in [2.45, 2.75) is 46.6 Å². The van der Waals surface area contributed by atoms with E-state index in [9.17, 15) is 10.1 Å². The van der Waals surface area contributed by atoms with Gasteiger partial charge in [-0.15, -0.1) is 0 Å². The zero-order valence-corrected chi connectivity index (χ0v) is 22.7. The third-order valence-electron chi connectivity index (χ3n) is 7.21. The molecule has 1 amide bonds. The number of aromatic nitrogens is 2. The Kier molecular flexibility index (Phi) is 8.38. The van der Waals surface area contributed by atoms with Crippen molar-refractivity contribution in [2.75, 3.05) is 33.3 Å². The molecule has 3 aromatic rings. The monoisotopic (exact) mass is 515 g/mol. The van der Waals surface area contributed by atoms with Crippen molar-refractivity contribution in [1.82, 2.24) is 19.8 Å². The number of hydrogen-bond donors (Lipinski definition) is 0. The summed E-state index contributed by atoms with van der Waals surface area (Å²) in [6.07, 6.45) is 4.08. The molecule has 0 saturated heterocycles. The summed E-state index contributed by atoms with van der Waals surface area (Å²) < 4.78 is 20.6. The summed E-state index contributed by atoms with van der Waals surface area (Å²) in [5.74, 6) is -0.0417. The van der Waals surface area contributed by atoms with Gasteiger partial charge in [0.1, 0.15) is 23.2 Å². The smallest absolute Gasteiger partial charge is 0.254 e. The summed E-state index contributed by atoms with van der Waals surface area (Å²) in [4.78, 5) is 26.5. The minimum Gasteiger partial charge on any atom is -0.492 e. The Morgan fingerprint density at radius 2 is 1.92 bits per heavy atom. The van der Waals surface area contributed by atoms with Crippen molar-refractivity contribution in [2.24, 2.45) is 0 Å². The van der Waals surface area contributed by atoms with Crippen LogP contribution in [-0.2, 0) is 12.8 Å². The standard InChI is InChI=1S/C30H34FN5O2/c1-6-35(5)10-8-21-13-24(25-12-19(3)33-18-27(25)31)23-9-11-36(30(37)26(23)14-21)20(4)28-15-29(38-7-2)22(16-32)17-34-28/h12-15,17-18,20H,6-11H2,1-5H3/t20-/m0/s1. The summed E-state index contributed by atoms with van der Waals surface area (Å²) in [5, 5.41) is 9.38. The van der Waals surface area contributed by atoms with Crippen molar-refractivity contribution in [3.8, 4) is 22.9 Å². The predicted octanol–water partition coefficient (Wildman–Crippen LogP) is 5.12. The molecule has 0 aliphatic carbocycles. The molecule has 1 aliphatic rings. The minimum atomic E-state index is -0.394. The molecular weight excluding hydrogens is 481 g/mol. The zero-order chi connectivity index (χ0) is 27.4. The molecule has 0 spiro atoms. The van der Waals surface area contributed by atoms with E-state index in [0.717, 1.165) is 41.9 Å². The predicted molar refractivity (Wildman–Crippen MR) is 145 cm³/mol. The van der Waals surface area contributed by atoms with Crippen molar-refractivity contribution >= 4 is 5.91 Å². The van der Waals surface area contributed by atoms with Gasteiger partial charge in [0.15, 0.2) is 0 Å². The lowest BCUT2D eigenvalue weighted by atomic mass is 9.87. The highest BCUT2D eigenvalue weighted by Gasteiger charge is 2.32. The van der Waals surface area contributed by atoms with Crippen LogP contribution in [0.3, 0.4) is 0 Å². The van der Waals surface area contributed by atoms with Gasteiger partial charge in [0.25, 0.3) is 5.91 Å². The number of ether oxygens (including phenoxy) is 1. The van der Waals surface area contributed by atoms with E-state index < -0.39 is 5.82 Å². The molecule has 0 unspecified atom stereocenters. The molecule has 4 rings (SSSR count). The normalized spacial score (nSPS) is 13.8. The molecule has 38 heavy (non-hydrogen) atoms. The van der Waals surface area contributed by atoms with Crippen LogP contribution in [-0.4, -0.2) is 59.0 Å². The fourth-order valence-corrected chi connectivity index (χ4v) is 4.86. The molecule has 198 valence electrons. The van der Waals surface area contributed by atoms with E-state index in [-0.39, 0.29) is 11.9 Å². The van der Waals surface area contributed by atoms with E-state index in [2.05, 4.69) is 34.9 Å². The second kappa shape index (κ2) is 11.7. The molecule has 0 bridgehead atoms. The van der Waals surface area contributed by atoms with E-state index >= 15 is 4.39 Å². The highest BCUT2D eigenvalue weighted by atomic mass is 19.1. The number of fused-ring (bicyclic) bond motifs is 1. The van der Waals surface area contributed by atoms with Gasteiger partial charge in [-0.1, -0.05) is 13.0 Å². The van der Waals surface area contributed by atoms with Crippen LogP contribution in [0.25, 0.3) is 11.1 Å². The molecule has 2 aromatic heterocycles. The van der Waals surface area contributed by atoms with Gasteiger partial charge in [0, 0.05) is 42.2 Å². The van der Waals surface area contributed by atoms with Gasteiger partial charge >= 0.3 is 0 Å². The molecule has 8 heteroatoms. The summed E-state index contributed by atoms with van der Waals surface area (Å²) in [5.41, 5.74) is 5.42. The Morgan fingerprint density at radius 3 is 2.63 bits per heavy atom. The molecule has 7 nitrogen and oxygen atoms in total. The fraction of sp³-hybridized carbons (Fsp3) is 0.400. The second-order valence-electron chi connectivity index (χ2n) is 9.70. The van der Waals surface area contributed by atoms with E-state index in [4.69, 9.17) is 4.74 Å². The Morgan fingerprint density at radius 1 is 1.16 bits per heavy atom. The van der Waals surface area contributed by atoms with E-state index in [1.807, 2.05) is 32.9 Å². The third-order valence-corrected chi connectivity index (χ3v) is 7.21. The quantitative estimate of drug-likeness (QED) is 0.394. The van der Waals surface area contributed by atoms with Gasteiger partial charge in [0.05, 0.1) is 24.5 Å². The lowest BCUT2D eigenvalue weighted by Crippen LogP contribution is -2.40. The minimum absolute atomic E-state index is 0.110. The van der Waals surface area contributed by atoms with Crippen LogP contribution < -0.4 is 4.74 Å². The highest BCUT2D eigenvalue weighted by molar-refractivity contribution is 5.99. The lowest BCUT2D eigenvalue weighted by Gasteiger charge is -2.35. The van der Waals surface area contributed by atoms with Gasteiger partial charge in [-0.05, 0) is 76.0 Å². The number of likely N-dealkylation sites (N-methyl/N-ethyl adjacent to an activating group) is 1. The number of pyridine rings is 2. The maximum absolute atomic E-state index is 15.0. The molecule has 3 heterocycles. The molecule has 0 fully saturated rings. The third kappa shape index (κ3) is 5.53. The average Bonchev–Trinajstić information content (AvgIpc) is 2.92. The Hall–Kier alpha value is -3.83. The first-order valence-corrected chi connectivity index (χ1v) is 13.1. The number of nitrogens with zero attached hydrogens (tertiary/aromatic N) is 5. The first-order chi connectivity index (χ1) is 18.3. The maximum Gasteiger partial charge on any atom is 0.254 e. The van der Waals surface area contributed by atoms with Crippen molar-refractivity contribution in [3.63, 3.8) is 0 Å². The number of carbonyl (C=O) groups is 1. The fourth-order valence-electron chi connectivity index (χ4n) is 4.86. The topological polar surface area (TPSA) is 82.3 Å². The summed E-state index contributed by atoms with van der Waals surface area (Å²) in [7, 11) is 2.06. The van der Waals surface area contributed by atoms with Crippen molar-refractivity contribution in [3.05, 3.63) is 76.1 Å². The van der Waals surface area contributed by atoms with Gasteiger partial charge in [-0.2, -0.15) is 5.26 Å². The maximum atomic E-state index is 15.0. The highest BCUT2D eigenvalue weighted by Crippen LogP contribution is 2.36. The number of halogens is 1. The number of nitriles is 1. The summed E-state index contributed by atoms with van der Waals surface area (Å²) in [6.45, 7) is 10.4. The average molecular weight is 516 g/mol. The number of hydrogen-bond acceptors (Lipinski definition) is 6. The molecule has 1 atom stereocenters. The van der Waals surface area contributed by atoms with Crippen LogP contribution in [0.2, 0.25) is 0 Å². The van der Waals surface area contributed by atoms with Gasteiger partial charge in [-0.25, -0.2) is 4.39 Å². The van der Waals surface area contributed by atoms with Crippen LogP contribution in [0, 0.1) is 24.1 Å². The number of carbonyl (C=O) groups excluding carboxylic acids is 1. The largest absolute Gasteiger partial charge is 0.492 e. The SMILES string of the molecule is CCOc1cc([C@H](C)N2CCc3c(cc(CCN(C)CC)cc3-c3cc(C)ncc3F)C2=O)ncc1C#N. The molecule has 0 saturated carbocycles. The van der Waals surface area contributed by atoms with E-state index in [1.54, 1.807) is 17.0 Å².